The van der Waals surface area contributed by atoms with E-state index in [1.807, 2.05) is 60.0 Å². The second-order valence-electron chi connectivity index (χ2n) is 7.36. The van der Waals surface area contributed by atoms with Gasteiger partial charge in [-0.3, -0.25) is 9.36 Å². The Balaban J connectivity index is 1.54. The van der Waals surface area contributed by atoms with E-state index in [1.54, 1.807) is 25.3 Å². The summed E-state index contributed by atoms with van der Waals surface area (Å²) in [5.41, 5.74) is 3.35. The van der Waals surface area contributed by atoms with E-state index in [0.717, 1.165) is 22.6 Å². The molecule has 1 N–H and O–H groups in total. The Morgan fingerprint density at radius 2 is 1.76 bits per heavy atom. The Labute approximate surface area is 195 Å². The van der Waals surface area contributed by atoms with Gasteiger partial charge in [0.2, 0.25) is 5.91 Å². The van der Waals surface area contributed by atoms with Crippen LogP contribution in [0.1, 0.15) is 11.1 Å². The number of amides is 1. The summed E-state index contributed by atoms with van der Waals surface area (Å²) in [6, 6.07) is 22.0. The first-order valence-corrected chi connectivity index (χ1v) is 11.3. The fourth-order valence-corrected chi connectivity index (χ4v) is 4.02. The van der Waals surface area contributed by atoms with Crippen LogP contribution < -0.4 is 10.1 Å². The van der Waals surface area contributed by atoms with Gasteiger partial charge < -0.3 is 10.1 Å². The molecule has 3 aromatic carbocycles. The summed E-state index contributed by atoms with van der Waals surface area (Å²) < 4.78 is 21.0. The number of nitrogens with zero attached hydrogens (tertiary/aromatic N) is 3. The van der Waals surface area contributed by atoms with Crippen LogP contribution in [0.4, 0.5) is 4.39 Å². The molecule has 0 spiro atoms. The first-order chi connectivity index (χ1) is 16.0. The SMILES string of the molecule is COc1ccc(-c2nnc(SCC(=O)NCc3ccccc3F)n2-c2ccc(C)cc2)cc1. The number of methoxy groups -OCH3 is 1. The summed E-state index contributed by atoms with van der Waals surface area (Å²) in [6.07, 6.45) is 0. The average molecular weight is 463 g/mol. The number of hydrogen-bond acceptors (Lipinski definition) is 5. The summed E-state index contributed by atoms with van der Waals surface area (Å²) >= 11 is 1.28. The number of benzene rings is 3. The van der Waals surface area contributed by atoms with Gasteiger partial charge in [-0.25, -0.2) is 4.39 Å². The number of aromatic nitrogens is 3. The van der Waals surface area contributed by atoms with Gasteiger partial charge in [-0.1, -0.05) is 47.7 Å². The lowest BCUT2D eigenvalue weighted by Gasteiger charge is -2.11. The standard InChI is InChI=1S/C25H23FN4O2S/c1-17-7-11-20(12-8-17)30-24(18-9-13-21(32-2)14-10-18)28-29-25(30)33-16-23(31)27-15-19-5-3-4-6-22(19)26/h3-14H,15-16H2,1-2H3,(H,27,31). The van der Waals surface area contributed by atoms with Gasteiger partial charge in [-0.05, 0) is 49.4 Å². The lowest BCUT2D eigenvalue weighted by Crippen LogP contribution is -2.25. The van der Waals surface area contributed by atoms with E-state index in [0.29, 0.717) is 16.5 Å². The number of rotatable bonds is 8. The second-order valence-corrected chi connectivity index (χ2v) is 8.30. The minimum atomic E-state index is -0.339. The summed E-state index contributed by atoms with van der Waals surface area (Å²) in [5.74, 6) is 0.986. The van der Waals surface area contributed by atoms with Crippen LogP contribution in [-0.4, -0.2) is 33.5 Å². The van der Waals surface area contributed by atoms with Crippen LogP contribution in [0, 0.1) is 12.7 Å². The van der Waals surface area contributed by atoms with E-state index in [4.69, 9.17) is 4.74 Å². The van der Waals surface area contributed by atoms with E-state index in [1.165, 1.54) is 17.8 Å². The molecule has 0 aliphatic rings. The minimum Gasteiger partial charge on any atom is -0.497 e. The van der Waals surface area contributed by atoms with E-state index in [-0.39, 0.29) is 24.0 Å². The number of carbonyl (C=O) groups excluding carboxylic acids is 1. The van der Waals surface area contributed by atoms with E-state index in [2.05, 4.69) is 15.5 Å². The van der Waals surface area contributed by atoms with E-state index in [9.17, 15) is 9.18 Å². The van der Waals surface area contributed by atoms with Crippen LogP contribution >= 0.6 is 11.8 Å². The van der Waals surface area contributed by atoms with Gasteiger partial charge in [-0.15, -0.1) is 10.2 Å². The number of carbonyl (C=O) groups is 1. The third-order valence-electron chi connectivity index (χ3n) is 5.04. The monoisotopic (exact) mass is 462 g/mol. The molecule has 0 saturated carbocycles. The first-order valence-electron chi connectivity index (χ1n) is 10.3. The maximum absolute atomic E-state index is 13.8. The molecule has 1 amide bonds. The molecule has 33 heavy (non-hydrogen) atoms. The van der Waals surface area contributed by atoms with Crippen molar-refractivity contribution >= 4 is 17.7 Å². The summed E-state index contributed by atoms with van der Waals surface area (Å²) in [7, 11) is 1.62. The highest BCUT2D eigenvalue weighted by Gasteiger charge is 2.17. The Kier molecular flexibility index (Phi) is 7.04. The maximum Gasteiger partial charge on any atom is 0.230 e. The smallest absolute Gasteiger partial charge is 0.230 e. The van der Waals surface area contributed by atoms with Crippen LogP contribution in [0.15, 0.2) is 78.0 Å². The van der Waals surface area contributed by atoms with Crippen molar-refractivity contribution in [3.8, 4) is 22.8 Å². The normalized spacial score (nSPS) is 10.8. The zero-order chi connectivity index (χ0) is 23.2. The predicted octanol–water partition coefficient (Wildman–Crippen LogP) is 4.80. The van der Waals surface area contributed by atoms with Crippen molar-refractivity contribution in [2.75, 3.05) is 12.9 Å². The van der Waals surface area contributed by atoms with Gasteiger partial charge in [0.05, 0.1) is 12.9 Å². The van der Waals surface area contributed by atoms with Crippen molar-refractivity contribution in [3.05, 3.63) is 89.7 Å². The lowest BCUT2D eigenvalue weighted by molar-refractivity contribution is -0.118. The number of aryl methyl sites for hydroxylation is 1. The molecule has 0 bridgehead atoms. The van der Waals surface area contributed by atoms with Gasteiger partial charge in [0, 0.05) is 23.4 Å². The molecule has 8 heteroatoms. The Hall–Kier alpha value is -3.65. The van der Waals surface area contributed by atoms with Crippen LogP contribution in [0.25, 0.3) is 17.1 Å². The van der Waals surface area contributed by atoms with E-state index >= 15 is 0 Å². The van der Waals surface area contributed by atoms with Gasteiger partial charge in [0.1, 0.15) is 11.6 Å². The third-order valence-corrected chi connectivity index (χ3v) is 5.97. The Bertz CT molecular complexity index is 1240. The Morgan fingerprint density at radius 3 is 2.45 bits per heavy atom. The van der Waals surface area contributed by atoms with Crippen molar-refractivity contribution in [3.63, 3.8) is 0 Å². The van der Waals surface area contributed by atoms with Crippen molar-refractivity contribution in [1.82, 2.24) is 20.1 Å². The molecule has 0 unspecified atom stereocenters. The molecule has 0 aliphatic carbocycles. The van der Waals surface area contributed by atoms with Crippen molar-refractivity contribution < 1.29 is 13.9 Å². The third kappa shape index (κ3) is 5.40. The fraction of sp³-hybridized carbons (Fsp3) is 0.160. The molecule has 6 nitrogen and oxygen atoms in total. The average Bonchev–Trinajstić information content (AvgIpc) is 3.26. The number of ether oxygens (including phenoxy) is 1. The molecule has 0 aliphatic heterocycles. The maximum atomic E-state index is 13.8. The second kappa shape index (κ2) is 10.3. The molecule has 4 rings (SSSR count). The largest absolute Gasteiger partial charge is 0.497 e. The fourth-order valence-electron chi connectivity index (χ4n) is 3.23. The number of thioether (sulfide) groups is 1. The molecular formula is C25H23FN4O2S. The quantitative estimate of drug-likeness (QED) is 0.381. The van der Waals surface area contributed by atoms with Crippen molar-refractivity contribution in [2.24, 2.45) is 0 Å². The van der Waals surface area contributed by atoms with Gasteiger partial charge in [0.25, 0.3) is 0 Å². The van der Waals surface area contributed by atoms with Gasteiger partial charge in [-0.2, -0.15) is 0 Å². The summed E-state index contributed by atoms with van der Waals surface area (Å²) in [5, 5.41) is 12.1. The number of nitrogens with one attached hydrogen (secondary N) is 1. The minimum absolute atomic E-state index is 0.126. The highest BCUT2D eigenvalue weighted by molar-refractivity contribution is 7.99. The molecule has 0 fully saturated rings. The number of hydrogen-bond donors (Lipinski definition) is 1. The Morgan fingerprint density at radius 1 is 1.03 bits per heavy atom. The predicted molar refractivity (Wildman–Crippen MR) is 127 cm³/mol. The van der Waals surface area contributed by atoms with Crippen LogP contribution in [0.2, 0.25) is 0 Å². The lowest BCUT2D eigenvalue weighted by atomic mass is 10.2. The molecule has 0 saturated heterocycles. The van der Waals surface area contributed by atoms with E-state index < -0.39 is 0 Å². The zero-order valence-corrected chi connectivity index (χ0v) is 19.1. The highest BCUT2D eigenvalue weighted by atomic mass is 32.2. The van der Waals surface area contributed by atoms with Gasteiger partial charge in [0.15, 0.2) is 11.0 Å². The van der Waals surface area contributed by atoms with Crippen molar-refractivity contribution in [1.29, 1.82) is 0 Å². The molecule has 1 aromatic heterocycles. The highest BCUT2D eigenvalue weighted by Crippen LogP contribution is 2.29. The zero-order valence-electron chi connectivity index (χ0n) is 18.3. The molecule has 168 valence electrons. The molecule has 0 atom stereocenters. The van der Waals surface area contributed by atoms with Crippen molar-refractivity contribution in [2.45, 2.75) is 18.6 Å². The van der Waals surface area contributed by atoms with Crippen LogP contribution in [-0.2, 0) is 11.3 Å². The molecule has 1 heterocycles. The summed E-state index contributed by atoms with van der Waals surface area (Å²) in [6.45, 7) is 2.16. The van der Waals surface area contributed by atoms with Gasteiger partial charge >= 0.3 is 0 Å². The molecule has 4 aromatic rings. The topological polar surface area (TPSA) is 69.0 Å². The van der Waals surface area contributed by atoms with Crippen LogP contribution in [0.5, 0.6) is 5.75 Å². The molecular weight excluding hydrogens is 439 g/mol. The molecule has 0 radical (unpaired) electrons. The summed E-state index contributed by atoms with van der Waals surface area (Å²) in [4.78, 5) is 12.4. The van der Waals surface area contributed by atoms with Crippen LogP contribution in [0.3, 0.4) is 0 Å². The first kappa shape index (κ1) is 22.5. The number of halogens is 1.